The van der Waals surface area contributed by atoms with Crippen molar-refractivity contribution in [3.63, 3.8) is 0 Å². The van der Waals surface area contributed by atoms with Crippen molar-refractivity contribution >= 4 is 39.1 Å². The minimum Gasteiger partial charge on any atom is -0.322 e. The predicted octanol–water partition coefficient (Wildman–Crippen LogP) is 4.63. The standard InChI is InChI=1S/C22H22N2O3S2/c1-28-21-10-6-7-19(15-21)23-22(25)18-13-11-17(12-14-18)16-24(29(2,26)27)20-8-4-3-5-9-20/h3-15H,16H2,1-2H3,(H,23,25). The number of rotatable bonds is 7. The molecule has 150 valence electrons. The van der Waals surface area contributed by atoms with Gasteiger partial charge < -0.3 is 5.32 Å². The predicted molar refractivity (Wildman–Crippen MR) is 120 cm³/mol. The van der Waals surface area contributed by atoms with Gasteiger partial charge in [0.05, 0.1) is 18.5 Å². The first-order chi connectivity index (χ1) is 13.9. The van der Waals surface area contributed by atoms with E-state index in [1.807, 2.05) is 36.6 Å². The fraction of sp³-hybridized carbons (Fsp3) is 0.136. The van der Waals surface area contributed by atoms with Crippen molar-refractivity contribution in [1.29, 1.82) is 0 Å². The molecule has 1 N–H and O–H groups in total. The molecule has 0 atom stereocenters. The molecule has 0 saturated carbocycles. The number of sulfonamides is 1. The number of carbonyl (C=O) groups excluding carboxylic acids is 1. The van der Waals surface area contributed by atoms with Crippen molar-refractivity contribution in [3.8, 4) is 0 Å². The lowest BCUT2D eigenvalue weighted by molar-refractivity contribution is 0.102. The molecule has 0 bridgehead atoms. The van der Waals surface area contributed by atoms with Gasteiger partial charge in [-0.1, -0.05) is 36.4 Å². The van der Waals surface area contributed by atoms with Crippen molar-refractivity contribution in [2.24, 2.45) is 0 Å². The topological polar surface area (TPSA) is 66.5 Å². The molecule has 0 saturated heterocycles. The van der Waals surface area contributed by atoms with E-state index in [4.69, 9.17) is 0 Å². The molecule has 0 aliphatic carbocycles. The Labute approximate surface area is 175 Å². The highest BCUT2D eigenvalue weighted by Gasteiger charge is 2.17. The lowest BCUT2D eigenvalue weighted by Gasteiger charge is -2.22. The van der Waals surface area contributed by atoms with E-state index in [0.29, 0.717) is 11.3 Å². The molecule has 0 spiro atoms. The summed E-state index contributed by atoms with van der Waals surface area (Å²) in [5.74, 6) is -0.210. The number of amides is 1. The van der Waals surface area contributed by atoms with E-state index in [-0.39, 0.29) is 12.5 Å². The van der Waals surface area contributed by atoms with E-state index in [0.717, 1.165) is 16.1 Å². The number of hydrogen-bond donors (Lipinski definition) is 1. The fourth-order valence-electron chi connectivity index (χ4n) is 2.83. The molecule has 0 aliphatic rings. The number of hydrogen-bond acceptors (Lipinski definition) is 4. The van der Waals surface area contributed by atoms with Gasteiger partial charge >= 0.3 is 0 Å². The third kappa shape index (κ3) is 5.62. The van der Waals surface area contributed by atoms with Gasteiger partial charge in [-0.3, -0.25) is 9.10 Å². The van der Waals surface area contributed by atoms with Crippen LogP contribution in [0.5, 0.6) is 0 Å². The van der Waals surface area contributed by atoms with Gasteiger partial charge in [-0.2, -0.15) is 0 Å². The first-order valence-corrected chi connectivity index (χ1v) is 12.0. The summed E-state index contributed by atoms with van der Waals surface area (Å²) in [5, 5.41) is 2.88. The summed E-state index contributed by atoms with van der Waals surface area (Å²) in [4.78, 5) is 13.6. The third-order valence-electron chi connectivity index (χ3n) is 4.31. The Bertz CT molecular complexity index is 1080. The van der Waals surface area contributed by atoms with Crippen molar-refractivity contribution in [1.82, 2.24) is 0 Å². The van der Waals surface area contributed by atoms with Gasteiger partial charge in [0.1, 0.15) is 0 Å². The highest BCUT2D eigenvalue weighted by molar-refractivity contribution is 7.98. The highest BCUT2D eigenvalue weighted by Crippen LogP contribution is 2.21. The van der Waals surface area contributed by atoms with Gasteiger partial charge in [0.15, 0.2) is 0 Å². The van der Waals surface area contributed by atoms with Crippen LogP contribution in [-0.4, -0.2) is 26.8 Å². The number of anilines is 2. The van der Waals surface area contributed by atoms with Crippen molar-refractivity contribution in [3.05, 3.63) is 90.0 Å². The van der Waals surface area contributed by atoms with Crippen LogP contribution < -0.4 is 9.62 Å². The number of nitrogens with one attached hydrogen (secondary N) is 1. The zero-order chi connectivity index (χ0) is 20.9. The molecule has 1 amide bonds. The molecule has 3 aromatic rings. The molecule has 5 nitrogen and oxygen atoms in total. The van der Waals surface area contributed by atoms with Gasteiger partial charge in [-0.05, 0) is 54.3 Å². The second kappa shape index (κ2) is 9.15. The molecule has 0 aliphatic heterocycles. The minimum absolute atomic E-state index is 0.195. The van der Waals surface area contributed by atoms with Gasteiger partial charge in [0.25, 0.3) is 5.91 Å². The summed E-state index contributed by atoms with van der Waals surface area (Å²) in [7, 11) is -3.44. The van der Waals surface area contributed by atoms with E-state index in [1.165, 1.54) is 10.6 Å². The summed E-state index contributed by atoms with van der Waals surface area (Å²) >= 11 is 1.61. The van der Waals surface area contributed by atoms with Crippen LogP contribution in [0.15, 0.2) is 83.8 Å². The minimum atomic E-state index is -3.44. The second-order valence-electron chi connectivity index (χ2n) is 6.49. The van der Waals surface area contributed by atoms with Crippen LogP contribution in [0.3, 0.4) is 0 Å². The molecule has 0 unspecified atom stereocenters. The van der Waals surface area contributed by atoms with Crippen molar-refractivity contribution in [2.45, 2.75) is 11.4 Å². The van der Waals surface area contributed by atoms with E-state index in [2.05, 4.69) is 5.32 Å². The van der Waals surface area contributed by atoms with Crippen LogP contribution in [0.25, 0.3) is 0 Å². The first kappa shape index (κ1) is 21.0. The van der Waals surface area contributed by atoms with Gasteiger partial charge in [-0.15, -0.1) is 11.8 Å². The first-order valence-electron chi connectivity index (χ1n) is 8.94. The SMILES string of the molecule is CSc1cccc(NC(=O)c2ccc(CN(c3ccccc3)S(C)(=O)=O)cc2)c1. The normalized spacial score (nSPS) is 11.1. The number of para-hydroxylation sites is 1. The molecule has 0 aromatic heterocycles. The zero-order valence-corrected chi connectivity index (χ0v) is 17.8. The molecular formula is C22H22N2O3S2. The maximum absolute atomic E-state index is 12.5. The molecule has 0 radical (unpaired) electrons. The molecule has 0 heterocycles. The smallest absolute Gasteiger partial charge is 0.255 e. The summed E-state index contributed by atoms with van der Waals surface area (Å²) in [6.45, 7) is 0.195. The van der Waals surface area contributed by atoms with Crippen LogP contribution >= 0.6 is 11.8 Å². The maximum atomic E-state index is 12.5. The summed E-state index contributed by atoms with van der Waals surface area (Å²) in [6, 6.07) is 23.5. The summed E-state index contributed by atoms with van der Waals surface area (Å²) in [5.41, 5.74) is 2.64. The lowest BCUT2D eigenvalue weighted by atomic mass is 10.1. The monoisotopic (exact) mass is 426 g/mol. The fourth-order valence-corrected chi connectivity index (χ4v) is 4.17. The Morgan fingerprint density at radius 2 is 1.66 bits per heavy atom. The van der Waals surface area contributed by atoms with Gasteiger partial charge in [0.2, 0.25) is 10.0 Å². The van der Waals surface area contributed by atoms with Crippen molar-refractivity contribution in [2.75, 3.05) is 22.1 Å². The number of nitrogens with zero attached hydrogens (tertiary/aromatic N) is 1. The van der Waals surface area contributed by atoms with Crippen LogP contribution in [-0.2, 0) is 16.6 Å². The average Bonchev–Trinajstić information content (AvgIpc) is 2.72. The van der Waals surface area contributed by atoms with E-state index in [1.54, 1.807) is 60.3 Å². The Kier molecular flexibility index (Phi) is 6.61. The van der Waals surface area contributed by atoms with Gasteiger partial charge in [-0.25, -0.2) is 8.42 Å². The molecule has 29 heavy (non-hydrogen) atoms. The molecular weight excluding hydrogens is 404 g/mol. The Morgan fingerprint density at radius 1 is 0.966 bits per heavy atom. The Balaban J connectivity index is 1.74. The average molecular weight is 427 g/mol. The third-order valence-corrected chi connectivity index (χ3v) is 6.18. The summed E-state index contributed by atoms with van der Waals surface area (Å²) in [6.07, 6.45) is 3.17. The van der Waals surface area contributed by atoms with E-state index >= 15 is 0 Å². The lowest BCUT2D eigenvalue weighted by Crippen LogP contribution is -2.29. The van der Waals surface area contributed by atoms with E-state index < -0.39 is 10.0 Å². The molecule has 0 fully saturated rings. The number of carbonyl (C=O) groups is 1. The Hall–Kier alpha value is -2.77. The van der Waals surface area contributed by atoms with Crippen molar-refractivity contribution < 1.29 is 13.2 Å². The summed E-state index contributed by atoms with van der Waals surface area (Å²) < 4.78 is 25.8. The van der Waals surface area contributed by atoms with E-state index in [9.17, 15) is 13.2 Å². The largest absolute Gasteiger partial charge is 0.322 e. The Morgan fingerprint density at radius 3 is 2.28 bits per heavy atom. The zero-order valence-electron chi connectivity index (χ0n) is 16.2. The number of thioether (sulfide) groups is 1. The highest BCUT2D eigenvalue weighted by atomic mass is 32.2. The van der Waals surface area contributed by atoms with Crippen LogP contribution in [0, 0.1) is 0 Å². The maximum Gasteiger partial charge on any atom is 0.255 e. The number of benzene rings is 3. The quantitative estimate of drug-likeness (QED) is 0.560. The van der Waals surface area contributed by atoms with Crippen LogP contribution in [0.1, 0.15) is 15.9 Å². The van der Waals surface area contributed by atoms with Gasteiger partial charge in [0, 0.05) is 16.1 Å². The van der Waals surface area contributed by atoms with Crippen LogP contribution in [0.2, 0.25) is 0 Å². The van der Waals surface area contributed by atoms with Crippen LogP contribution in [0.4, 0.5) is 11.4 Å². The second-order valence-corrected chi connectivity index (χ2v) is 9.27. The molecule has 3 rings (SSSR count). The molecule has 7 heteroatoms. The molecule has 3 aromatic carbocycles.